The zero-order valence-electron chi connectivity index (χ0n) is 27.4. The van der Waals surface area contributed by atoms with E-state index in [0.29, 0.717) is 0 Å². The average Bonchev–Trinajstić information content (AvgIpc) is 3.59. The molecule has 0 saturated heterocycles. The second-order valence-electron chi connectivity index (χ2n) is 12.7. The van der Waals surface area contributed by atoms with Gasteiger partial charge >= 0.3 is 0 Å². The summed E-state index contributed by atoms with van der Waals surface area (Å²) in [5, 5.41) is 4.75. The molecule has 5 aromatic heterocycles. The van der Waals surface area contributed by atoms with Crippen molar-refractivity contribution >= 4 is 53.3 Å². The molecule has 5 aromatic carbocycles. The van der Waals surface area contributed by atoms with E-state index in [9.17, 15) is 0 Å². The molecule has 10 aromatic rings. The Labute approximate surface area is 298 Å². The Morgan fingerprint density at radius 3 is 1.73 bits per heavy atom. The van der Waals surface area contributed by atoms with Gasteiger partial charge in [0.25, 0.3) is 0 Å². The summed E-state index contributed by atoms with van der Waals surface area (Å²) in [6.07, 6.45) is 3.69. The molecule has 0 atom stereocenters. The number of fused-ring (bicyclic) bond motifs is 6. The van der Waals surface area contributed by atoms with Crippen LogP contribution in [-0.2, 0) is 0 Å². The van der Waals surface area contributed by atoms with E-state index in [1.807, 2.05) is 41.8 Å². The topological polar surface area (TPSA) is 51.6 Å². The molecule has 5 heterocycles. The van der Waals surface area contributed by atoms with Gasteiger partial charge in [0.2, 0.25) is 0 Å². The molecule has 0 aliphatic rings. The first kappa shape index (κ1) is 29.4. The van der Waals surface area contributed by atoms with Crippen molar-refractivity contribution in [2.75, 3.05) is 0 Å². The van der Waals surface area contributed by atoms with E-state index in [-0.39, 0.29) is 0 Å². The summed E-state index contributed by atoms with van der Waals surface area (Å²) in [5.74, 6) is 0. The van der Waals surface area contributed by atoms with Gasteiger partial charge in [-0.15, -0.1) is 11.3 Å². The van der Waals surface area contributed by atoms with Crippen LogP contribution in [0, 0.1) is 0 Å². The van der Waals surface area contributed by atoms with Gasteiger partial charge in [-0.25, -0.2) is 9.97 Å². The van der Waals surface area contributed by atoms with Crippen LogP contribution in [0.5, 0.6) is 0 Å². The third-order valence-electron chi connectivity index (χ3n) is 9.59. The van der Waals surface area contributed by atoms with Crippen LogP contribution < -0.4 is 0 Å². The summed E-state index contributed by atoms with van der Waals surface area (Å²) in [4.78, 5) is 19.5. The highest BCUT2D eigenvalue weighted by atomic mass is 32.1. The van der Waals surface area contributed by atoms with Crippen molar-refractivity contribution in [3.8, 4) is 56.2 Å². The molecule has 0 fully saturated rings. The van der Waals surface area contributed by atoms with Crippen molar-refractivity contribution in [1.82, 2.24) is 19.9 Å². The van der Waals surface area contributed by atoms with Crippen molar-refractivity contribution < 1.29 is 0 Å². The van der Waals surface area contributed by atoms with Crippen molar-refractivity contribution in [2.45, 2.75) is 0 Å². The number of benzene rings is 5. The van der Waals surface area contributed by atoms with Gasteiger partial charge in [-0.05, 0) is 71.3 Å². The second-order valence-corrected chi connectivity index (χ2v) is 13.8. The van der Waals surface area contributed by atoms with Gasteiger partial charge in [-0.1, -0.05) is 103 Å². The minimum atomic E-state index is 0.859. The fourth-order valence-corrected chi connectivity index (χ4v) is 8.00. The molecular formula is C46H28N4S. The number of hydrogen-bond acceptors (Lipinski definition) is 5. The number of aromatic nitrogens is 4. The van der Waals surface area contributed by atoms with E-state index in [1.54, 1.807) is 6.20 Å². The number of thiophene rings is 1. The maximum atomic E-state index is 5.24. The Morgan fingerprint density at radius 2 is 0.961 bits per heavy atom. The van der Waals surface area contributed by atoms with E-state index in [4.69, 9.17) is 9.97 Å². The molecule has 10 rings (SSSR count). The third-order valence-corrected chi connectivity index (χ3v) is 10.7. The number of rotatable bonds is 5. The molecule has 51 heavy (non-hydrogen) atoms. The van der Waals surface area contributed by atoms with Gasteiger partial charge in [-0.3, -0.25) is 9.97 Å². The summed E-state index contributed by atoms with van der Waals surface area (Å²) in [6.45, 7) is 0. The molecule has 0 aliphatic heterocycles. The Hall–Kier alpha value is -6.56. The van der Waals surface area contributed by atoms with Crippen molar-refractivity contribution in [3.05, 3.63) is 170 Å². The Balaban J connectivity index is 0.981. The SMILES string of the molecule is c1ccc(-c2ccc(-c3ccc(-c4ccc5ccc6ccc(-c7cccc(-c8ccc9sc%10ccccc%10c9c8)c7)nc6c5n4)cc3)cn2)nc1. The van der Waals surface area contributed by atoms with Crippen molar-refractivity contribution in [3.63, 3.8) is 0 Å². The van der Waals surface area contributed by atoms with Crippen LogP contribution in [0.15, 0.2) is 170 Å². The summed E-state index contributed by atoms with van der Waals surface area (Å²) in [7, 11) is 0. The molecule has 0 spiro atoms. The monoisotopic (exact) mass is 668 g/mol. The van der Waals surface area contributed by atoms with Gasteiger partial charge in [0.15, 0.2) is 0 Å². The zero-order valence-corrected chi connectivity index (χ0v) is 28.2. The minimum Gasteiger partial charge on any atom is -0.255 e. The molecule has 0 unspecified atom stereocenters. The third kappa shape index (κ3) is 5.32. The molecular weight excluding hydrogens is 641 g/mol. The molecule has 5 heteroatoms. The smallest absolute Gasteiger partial charge is 0.0972 e. The van der Waals surface area contributed by atoms with Crippen LogP contribution in [0.2, 0.25) is 0 Å². The predicted molar refractivity (Wildman–Crippen MR) is 213 cm³/mol. The number of pyridine rings is 4. The largest absolute Gasteiger partial charge is 0.255 e. The first-order chi connectivity index (χ1) is 25.2. The summed E-state index contributed by atoms with van der Waals surface area (Å²) in [6, 6.07) is 55.4. The maximum absolute atomic E-state index is 5.24. The van der Waals surface area contributed by atoms with Crippen LogP contribution in [-0.4, -0.2) is 19.9 Å². The zero-order chi connectivity index (χ0) is 33.7. The number of nitrogens with zero attached hydrogens (tertiary/aromatic N) is 4. The molecule has 238 valence electrons. The lowest BCUT2D eigenvalue weighted by atomic mass is 9.99. The van der Waals surface area contributed by atoms with E-state index in [0.717, 1.165) is 66.8 Å². The fraction of sp³-hybridized carbons (Fsp3) is 0. The highest BCUT2D eigenvalue weighted by Gasteiger charge is 2.12. The van der Waals surface area contributed by atoms with Gasteiger partial charge in [0.1, 0.15) is 0 Å². The van der Waals surface area contributed by atoms with Crippen LogP contribution in [0.4, 0.5) is 0 Å². The predicted octanol–water partition coefficient (Wildman–Crippen LogP) is 12.3. The van der Waals surface area contributed by atoms with E-state index in [2.05, 4.69) is 143 Å². The molecule has 0 aliphatic carbocycles. The van der Waals surface area contributed by atoms with E-state index < -0.39 is 0 Å². The van der Waals surface area contributed by atoms with Crippen LogP contribution in [0.25, 0.3) is 98.1 Å². The lowest BCUT2D eigenvalue weighted by Crippen LogP contribution is -1.91. The lowest BCUT2D eigenvalue weighted by molar-refractivity contribution is 1.25. The minimum absolute atomic E-state index is 0.859. The quantitative estimate of drug-likeness (QED) is 0.171. The summed E-state index contributed by atoms with van der Waals surface area (Å²) >= 11 is 1.85. The van der Waals surface area contributed by atoms with Crippen LogP contribution >= 0.6 is 11.3 Å². The standard InChI is InChI=1S/C46H28N4S/c1-2-10-43-37(8-1)38-27-34(20-24-44(38)51-43)33-6-5-7-35(26-33)40-22-18-32-16-15-31-17-21-39(49-45(31)46(32)50-40)30-13-11-29(12-14-30)36-19-23-42(48-28-36)41-9-3-4-25-47-41/h1-28H. The Kier molecular flexibility index (Phi) is 6.96. The summed E-state index contributed by atoms with van der Waals surface area (Å²) in [5.41, 5.74) is 12.0. The molecule has 0 saturated carbocycles. The molecule has 0 radical (unpaired) electrons. The Morgan fingerprint density at radius 1 is 0.353 bits per heavy atom. The van der Waals surface area contributed by atoms with Gasteiger partial charge in [-0.2, -0.15) is 0 Å². The van der Waals surface area contributed by atoms with Crippen molar-refractivity contribution in [1.29, 1.82) is 0 Å². The van der Waals surface area contributed by atoms with Gasteiger partial charge in [0.05, 0.1) is 33.8 Å². The highest BCUT2D eigenvalue weighted by molar-refractivity contribution is 7.25. The first-order valence-electron chi connectivity index (χ1n) is 16.9. The lowest BCUT2D eigenvalue weighted by Gasteiger charge is -2.10. The summed E-state index contributed by atoms with van der Waals surface area (Å²) < 4.78 is 2.63. The second kappa shape index (κ2) is 12.1. The van der Waals surface area contributed by atoms with E-state index >= 15 is 0 Å². The maximum Gasteiger partial charge on any atom is 0.0972 e. The molecule has 0 amide bonds. The number of hydrogen-bond donors (Lipinski definition) is 0. The first-order valence-corrected chi connectivity index (χ1v) is 17.8. The normalized spacial score (nSPS) is 11.5. The molecule has 4 nitrogen and oxygen atoms in total. The Bertz CT molecular complexity index is 2900. The average molecular weight is 669 g/mol. The van der Waals surface area contributed by atoms with Crippen LogP contribution in [0.3, 0.4) is 0 Å². The van der Waals surface area contributed by atoms with E-state index in [1.165, 1.54) is 31.3 Å². The van der Waals surface area contributed by atoms with Gasteiger partial charge in [0, 0.05) is 60.0 Å². The highest BCUT2D eigenvalue weighted by Crippen LogP contribution is 2.37. The van der Waals surface area contributed by atoms with Gasteiger partial charge < -0.3 is 0 Å². The molecule has 0 bridgehead atoms. The molecule has 0 N–H and O–H groups in total. The van der Waals surface area contributed by atoms with Crippen LogP contribution in [0.1, 0.15) is 0 Å². The van der Waals surface area contributed by atoms with Crippen molar-refractivity contribution in [2.24, 2.45) is 0 Å². The fourth-order valence-electron chi connectivity index (χ4n) is 6.92.